The smallest absolute Gasteiger partial charge is 0.322 e. The number of halogens is 2. The molecule has 8 heteroatoms. The molecular weight excluding hydrogens is 371 g/mol. The van der Waals surface area contributed by atoms with Gasteiger partial charge in [0.1, 0.15) is 5.82 Å². The molecule has 1 saturated heterocycles. The lowest BCUT2D eigenvalue weighted by Crippen LogP contribution is -2.51. The summed E-state index contributed by atoms with van der Waals surface area (Å²) in [6.45, 7) is 2.24. The Labute approximate surface area is 161 Å². The van der Waals surface area contributed by atoms with Gasteiger partial charge in [-0.15, -0.1) is 0 Å². The minimum absolute atomic E-state index is 0.157. The SMILES string of the molecule is O=C(CN1CCN(C(=O)Nc2ccccc2F)CC1)Nc1ccccc1Cl. The summed E-state index contributed by atoms with van der Waals surface area (Å²) in [7, 11) is 0. The summed E-state index contributed by atoms with van der Waals surface area (Å²) in [5, 5.41) is 5.84. The van der Waals surface area contributed by atoms with E-state index in [4.69, 9.17) is 11.6 Å². The van der Waals surface area contributed by atoms with Crippen molar-refractivity contribution in [2.45, 2.75) is 0 Å². The van der Waals surface area contributed by atoms with Gasteiger partial charge in [0.25, 0.3) is 0 Å². The van der Waals surface area contributed by atoms with Crippen molar-refractivity contribution in [3.05, 3.63) is 59.4 Å². The number of para-hydroxylation sites is 2. The quantitative estimate of drug-likeness (QED) is 0.842. The maximum absolute atomic E-state index is 13.6. The molecule has 0 unspecified atom stereocenters. The molecule has 0 radical (unpaired) electrons. The standard InChI is InChI=1S/C19H20ClFN4O2/c20-14-5-1-3-7-16(14)22-18(26)13-24-9-11-25(12-10-24)19(27)23-17-8-4-2-6-15(17)21/h1-8H,9-13H2,(H,22,26)(H,23,27). The highest BCUT2D eigenvalue weighted by atomic mass is 35.5. The highest BCUT2D eigenvalue weighted by Crippen LogP contribution is 2.20. The van der Waals surface area contributed by atoms with Crippen molar-refractivity contribution in [1.82, 2.24) is 9.80 Å². The van der Waals surface area contributed by atoms with E-state index in [0.29, 0.717) is 36.9 Å². The molecule has 3 amide bonds. The van der Waals surface area contributed by atoms with E-state index in [1.54, 1.807) is 41.3 Å². The van der Waals surface area contributed by atoms with E-state index in [1.165, 1.54) is 12.1 Å². The van der Waals surface area contributed by atoms with E-state index < -0.39 is 5.82 Å². The molecule has 0 atom stereocenters. The molecule has 0 bridgehead atoms. The molecule has 0 aliphatic carbocycles. The zero-order valence-electron chi connectivity index (χ0n) is 14.6. The van der Waals surface area contributed by atoms with Crippen LogP contribution in [0.2, 0.25) is 5.02 Å². The van der Waals surface area contributed by atoms with Gasteiger partial charge in [-0.25, -0.2) is 9.18 Å². The lowest BCUT2D eigenvalue weighted by molar-refractivity contribution is -0.117. The molecular formula is C19H20ClFN4O2. The van der Waals surface area contributed by atoms with Crippen molar-refractivity contribution in [3.63, 3.8) is 0 Å². The number of hydrogen-bond acceptors (Lipinski definition) is 3. The largest absolute Gasteiger partial charge is 0.324 e. The van der Waals surface area contributed by atoms with Gasteiger partial charge in [-0.2, -0.15) is 0 Å². The fourth-order valence-electron chi connectivity index (χ4n) is 2.82. The molecule has 1 aliphatic rings. The van der Waals surface area contributed by atoms with Crippen LogP contribution in [0.25, 0.3) is 0 Å². The van der Waals surface area contributed by atoms with Gasteiger partial charge < -0.3 is 15.5 Å². The van der Waals surface area contributed by atoms with Crippen LogP contribution < -0.4 is 10.6 Å². The summed E-state index contributed by atoms with van der Waals surface area (Å²) >= 11 is 6.04. The van der Waals surface area contributed by atoms with E-state index in [2.05, 4.69) is 10.6 Å². The molecule has 2 aromatic carbocycles. The number of piperazine rings is 1. The van der Waals surface area contributed by atoms with Gasteiger partial charge in [0.2, 0.25) is 5.91 Å². The van der Waals surface area contributed by atoms with Crippen LogP contribution in [-0.2, 0) is 4.79 Å². The minimum atomic E-state index is -0.472. The predicted molar refractivity (Wildman–Crippen MR) is 104 cm³/mol. The van der Waals surface area contributed by atoms with Gasteiger partial charge in [-0.1, -0.05) is 35.9 Å². The predicted octanol–water partition coefficient (Wildman–Crippen LogP) is 3.27. The third-order valence-electron chi connectivity index (χ3n) is 4.29. The van der Waals surface area contributed by atoms with E-state index in [9.17, 15) is 14.0 Å². The molecule has 0 spiro atoms. The van der Waals surface area contributed by atoms with Crippen LogP contribution in [-0.4, -0.2) is 54.5 Å². The molecule has 1 fully saturated rings. The first-order valence-electron chi connectivity index (χ1n) is 8.60. The van der Waals surface area contributed by atoms with Gasteiger partial charge in [0, 0.05) is 26.2 Å². The summed E-state index contributed by atoms with van der Waals surface area (Å²) < 4.78 is 13.6. The second kappa shape index (κ2) is 8.83. The van der Waals surface area contributed by atoms with Gasteiger partial charge >= 0.3 is 6.03 Å². The fraction of sp³-hybridized carbons (Fsp3) is 0.263. The van der Waals surface area contributed by atoms with Crippen molar-refractivity contribution in [1.29, 1.82) is 0 Å². The Morgan fingerprint density at radius 1 is 0.926 bits per heavy atom. The first kappa shape index (κ1) is 19.1. The normalized spacial score (nSPS) is 14.7. The molecule has 2 aromatic rings. The highest BCUT2D eigenvalue weighted by Gasteiger charge is 2.23. The zero-order valence-corrected chi connectivity index (χ0v) is 15.4. The van der Waals surface area contributed by atoms with Crippen LogP contribution in [0.1, 0.15) is 0 Å². The summed E-state index contributed by atoms with van der Waals surface area (Å²) in [5.41, 5.74) is 0.733. The first-order chi connectivity index (χ1) is 13.0. The van der Waals surface area contributed by atoms with Crippen LogP contribution in [0.3, 0.4) is 0 Å². The molecule has 0 saturated carbocycles. The maximum Gasteiger partial charge on any atom is 0.322 e. The van der Waals surface area contributed by atoms with Gasteiger partial charge in [-0.3, -0.25) is 9.69 Å². The van der Waals surface area contributed by atoms with Crippen molar-refractivity contribution in [2.24, 2.45) is 0 Å². The van der Waals surface area contributed by atoms with E-state index in [1.807, 2.05) is 4.90 Å². The van der Waals surface area contributed by atoms with E-state index in [-0.39, 0.29) is 24.2 Å². The summed E-state index contributed by atoms with van der Waals surface area (Å²) in [4.78, 5) is 28.0. The lowest BCUT2D eigenvalue weighted by Gasteiger charge is -2.34. The highest BCUT2D eigenvalue weighted by molar-refractivity contribution is 6.33. The number of hydrogen-bond donors (Lipinski definition) is 2. The molecule has 142 valence electrons. The molecule has 0 aromatic heterocycles. The minimum Gasteiger partial charge on any atom is -0.324 e. The van der Waals surface area contributed by atoms with Gasteiger partial charge in [0.05, 0.1) is 22.9 Å². The van der Waals surface area contributed by atoms with Crippen molar-refractivity contribution >= 4 is 34.9 Å². The topological polar surface area (TPSA) is 64.7 Å². The number of nitrogens with one attached hydrogen (secondary N) is 2. The Bertz CT molecular complexity index is 825. The van der Waals surface area contributed by atoms with Gasteiger partial charge in [-0.05, 0) is 24.3 Å². The van der Waals surface area contributed by atoms with Crippen molar-refractivity contribution in [2.75, 3.05) is 43.4 Å². The van der Waals surface area contributed by atoms with Crippen LogP contribution in [0.5, 0.6) is 0 Å². The number of amides is 3. The van der Waals surface area contributed by atoms with Crippen molar-refractivity contribution in [3.8, 4) is 0 Å². The fourth-order valence-corrected chi connectivity index (χ4v) is 3.00. The molecule has 6 nitrogen and oxygen atoms in total. The maximum atomic E-state index is 13.6. The van der Waals surface area contributed by atoms with Crippen LogP contribution in [0.15, 0.2) is 48.5 Å². The van der Waals surface area contributed by atoms with Gasteiger partial charge in [0.15, 0.2) is 0 Å². The molecule has 1 heterocycles. The van der Waals surface area contributed by atoms with Crippen LogP contribution in [0, 0.1) is 5.82 Å². The molecule has 27 heavy (non-hydrogen) atoms. The lowest BCUT2D eigenvalue weighted by atomic mass is 10.3. The molecule has 3 rings (SSSR count). The third-order valence-corrected chi connectivity index (χ3v) is 4.62. The average Bonchev–Trinajstić information content (AvgIpc) is 2.66. The Hall–Kier alpha value is -2.64. The molecule has 2 N–H and O–H groups in total. The third kappa shape index (κ3) is 5.18. The number of carbonyl (C=O) groups is 2. The number of nitrogens with zero attached hydrogens (tertiary/aromatic N) is 2. The van der Waals surface area contributed by atoms with E-state index >= 15 is 0 Å². The number of carbonyl (C=O) groups excluding carboxylic acids is 2. The average molecular weight is 391 g/mol. The second-order valence-electron chi connectivity index (χ2n) is 6.20. The monoisotopic (exact) mass is 390 g/mol. The first-order valence-corrected chi connectivity index (χ1v) is 8.98. The second-order valence-corrected chi connectivity index (χ2v) is 6.61. The van der Waals surface area contributed by atoms with Crippen LogP contribution in [0.4, 0.5) is 20.6 Å². The Balaban J connectivity index is 1.46. The molecule has 1 aliphatic heterocycles. The van der Waals surface area contributed by atoms with E-state index in [0.717, 1.165) is 0 Å². The summed E-state index contributed by atoms with van der Waals surface area (Å²) in [6.07, 6.45) is 0. The summed E-state index contributed by atoms with van der Waals surface area (Å²) in [5.74, 6) is -0.631. The number of rotatable bonds is 4. The Morgan fingerprint density at radius 2 is 1.56 bits per heavy atom. The van der Waals surface area contributed by atoms with Crippen LogP contribution >= 0.6 is 11.6 Å². The summed E-state index contributed by atoms with van der Waals surface area (Å²) in [6, 6.07) is 12.7. The van der Waals surface area contributed by atoms with Crippen molar-refractivity contribution < 1.29 is 14.0 Å². The number of anilines is 2. The number of benzene rings is 2. The Morgan fingerprint density at radius 3 is 2.22 bits per heavy atom. The Kier molecular flexibility index (Phi) is 6.26. The number of urea groups is 1. The zero-order chi connectivity index (χ0) is 19.2.